The van der Waals surface area contributed by atoms with Gasteiger partial charge in [-0.3, -0.25) is 9.59 Å². The summed E-state index contributed by atoms with van der Waals surface area (Å²) in [6, 6.07) is -0.817. The molecule has 1 saturated heterocycles. The number of carbonyl (C=O) groups excluding carboxylic acids is 2. The third kappa shape index (κ3) is 41.7. The van der Waals surface area contributed by atoms with Gasteiger partial charge in [-0.2, -0.15) is 0 Å². The van der Waals surface area contributed by atoms with Crippen LogP contribution in [0.4, 0.5) is 0 Å². The maximum absolute atomic E-state index is 13.0. The van der Waals surface area contributed by atoms with Gasteiger partial charge in [0.15, 0.2) is 6.29 Å². The summed E-state index contributed by atoms with van der Waals surface area (Å²) in [6.07, 6.45) is 56.5. The Morgan fingerprint density at radius 1 is 0.500 bits per heavy atom. The Kier molecular flexibility index (Phi) is 49.6. The SMILES string of the molecule is CCCCCC/C=C\C/C=C\CCCCCCCCCC(=O)OCCCCCCCCCC/C=C\CCCCCCCCCC(=O)NC(COC1OC(CO)C(O)C(O)C1O)C(O)/C=C/CCCCCCCCC. The fourth-order valence-electron chi connectivity index (χ4n) is 9.46. The van der Waals surface area contributed by atoms with Gasteiger partial charge >= 0.3 is 5.97 Å². The first-order valence-electron chi connectivity index (χ1n) is 30.9. The number of nitrogens with one attached hydrogen (secondary N) is 1. The minimum absolute atomic E-state index is 0.0187. The second kappa shape index (κ2) is 52.7. The lowest BCUT2D eigenvalue weighted by atomic mass is 9.99. The van der Waals surface area contributed by atoms with Crippen molar-refractivity contribution < 1.29 is 49.3 Å². The van der Waals surface area contributed by atoms with Gasteiger partial charge in [0.1, 0.15) is 24.4 Å². The lowest BCUT2D eigenvalue weighted by Gasteiger charge is -2.40. The Balaban J connectivity index is 2.01. The van der Waals surface area contributed by atoms with Crippen LogP contribution in [0.25, 0.3) is 0 Å². The average molecular weight is 1050 g/mol. The van der Waals surface area contributed by atoms with Crippen molar-refractivity contribution >= 4 is 11.9 Å². The maximum atomic E-state index is 13.0. The topological polar surface area (TPSA) is 175 Å². The predicted molar refractivity (Wildman–Crippen MR) is 306 cm³/mol. The summed E-state index contributed by atoms with van der Waals surface area (Å²) in [5.41, 5.74) is 0. The quantitative estimate of drug-likeness (QED) is 0.0195. The highest BCUT2D eigenvalue weighted by Gasteiger charge is 2.44. The maximum Gasteiger partial charge on any atom is 0.305 e. The molecule has 1 aliphatic heterocycles. The standard InChI is InChI=1S/C63H115NO10/c1-3-5-7-9-11-13-14-15-16-17-22-25-28-31-35-39-43-47-51-59(68)72-52-48-44-40-36-32-29-26-23-20-18-19-21-24-27-30-34-38-42-46-50-58(67)64-55(56(66)49-45-41-37-33-12-10-8-6-4-2)54-73-63-62(71)61(70)60(69)57(53-65)74-63/h13-14,16-19,45,49,55-57,60-63,65-66,69-71H,3-12,15,20-44,46-48,50-54H2,1-2H3,(H,64,67)/b14-13-,17-16-,19-18-,49-45+. The fourth-order valence-corrected chi connectivity index (χ4v) is 9.46. The second-order valence-electron chi connectivity index (χ2n) is 21.4. The van der Waals surface area contributed by atoms with Crippen molar-refractivity contribution in [1.29, 1.82) is 0 Å². The first-order valence-corrected chi connectivity index (χ1v) is 30.9. The summed E-state index contributed by atoms with van der Waals surface area (Å²) in [7, 11) is 0. The van der Waals surface area contributed by atoms with Crippen LogP contribution < -0.4 is 5.32 Å². The molecule has 432 valence electrons. The van der Waals surface area contributed by atoms with E-state index in [2.05, 4.69) is 55.6 Å². The van der Waals surface area contributed by atoms with E-state index in [1.165, 1.54) is 161 Å². The summed E-state index contributed by atoms with van der Waals surface area (Å²) in [4.78, 5) is 25.1. The largest absolute Gasteiger partial charge is 0.466 e. The smallest absolute Gasteiger partial charge is 0.305 e. The number of aliphatic hydroxyl groups excluding tert-OH is 5. The van der Waals surface area contributed by atoms with Gasteiger partial charge in [-0.05, 0) is 89.9 Å². The lowest BCUT2D eigenvalue weighted by Crippen LogP contribution is -2.60. The van der Waals surface area contributed by atoms with Gasteiger partial charge in [0, 0.05) is 12.8 Å². The van der Waals surface area contributed by atoms with Crippen LogP contribution in [-0.2, 0) is 23.8 Å². The van der Waals surface area contributed by atoms with Crippen molar-refractivity contribution in [3.8, 4) is 0 Å². The molecule has 1 aliphatic rings. The molecule has 11 nitrogen and oxygen atoms in total. The minimum Gasteiger partial charge on any atom is -0.466 e. The Labute approximate surface area is 453 Å². The zero-order valence-corrected chi connectivity index (χ0v) is 47.6. The van der Waals surface area contributed by atoms with E-state index in [1.807, 2.05) is 6.08 Å². The van der Waals surface area contributed by atoms with Crippen LogP contribution in [0.15, 0.2) is 48.6 Å². The molecule has 0 aromatic heterocycles. The van der Waals surface area contributed by atoms with Gasteiger partial charge in [-0.1, -0.05) is 223 Å². The molecule has 74 heavy (non-hydrogen) atoms. The number of esters is 1. The first kappa shape index (κ1) is 69.6. The summed E-state index contributed by atoms with van der Waals surface area (Å²) in [5.74, 6) is -0.213. The van der Waals surface area contributed by atoms with Crippen LogP contribution in [-0.4, -0.2) is 100 Å². The van der Waals surface area contributed by atoms with Crippen LogP contribution in [0.2, 0.25) is 0 Å². The van der Waals surface area contributed by atoms with E-state index in [9.17, 15) is 35.1 Å². The van der Waals surface area contributed by atoms with Crippen molar-refractivity contribution in [2.24, 2.45) is 0 Å². The number of ether oxygens (including phenoxy) is 3. The third-order valence-corrected chi connectivity index (χ3v) is 14.4. The average Bonchev–Trinajstić information content (AvgIpc) is 3.40. The number of amides is 1. The molecule has 0 spiro atoms. The highest BCUT2D eigenvalue weighted by Crippen LogP contribution is 2.23. The van der Waals surface area contributed by atoms with E-state index in [-0.39, 0.29) is 18.5 Å². The molecule has 0 aliphatic carbocycles. The number of aliphatic hydroxyl groups is 5. The van der Waals surface area contributed by atoms with E-state index < -0.39 is 49.5 Å². The number of hydrogen-bond donors (Lipinski definition) is 6. The number of hydrogen-bond acceptors (Lipinski definition) is 10. The summed E-state index contributed by atoms with van der Waals surface area (Å²) in [5, 5.41) is 54.2. The number of unbranched alkanes of at least 4 members (excludes halogenated alkanes) is 33. The van der Waals surface area contributed by atoms with Gasteiger partial charge in [-0.25, -0.2) is 0 Å². The minimum atomic E-state index is -1.57. The zero-order chi connectivity index (χ0) is 53.8. The molecule has 1 heterocycles. The van der Waals surface area contributed by atoms with Gasteiger partial charge in [0.25, 0.3) is 0 Å². The van der Waals surface area contributed by atoms with E-state index in [1.54, 1.807) is 6.08 Å². The van der Waals surface area contributed by atoms with Crippen molar-refractivity contribution in [3.63, 3.8) is 0 Å². The van der Waals surface area contributed by atoms with Gasteiger partial charge < -0.3 is 45.1 Å². The first-order chi connectivity index (χ1) is 36.2. The van der Waals surface area contributed by atoms with Crippen molar-refractivity contribution in [2.45, 2.75) is 320 Å². The van der Waals surface area contributed by atoms with Crippen molar-refractivity contribution in [1.82, 2.24) is 5.32 Å². The molecule has 1 amide bonds. The normalized spacial score (nSPS) is 19.1. The Morgan fingerprint density at radius 2 is 0.905 bits per heavy atom. The van der Waals surface area contributed by atoms with Crippen LogP contribution in [0.3, 0.4) is 0 Å². The van der Waals surface area contributed by atoms with E-state index in [0.717, 1.165) is 89.9 Å². The highest BCUT2D eigenvalue weighted by molar-refractivity contribution is 5.76. The Morgan fingerprint density at radius 3 is 1.39 bits per heavy atom. The Bertz CT molecular complexity index is 1370. The van der Waals surface area contributed by atoms with Gasteiger partial charge in [-0.15, -0.1) is 0 Å². The molecule has 6 N–H and O–H groups in total. The molecule has 0 aromatic carbocycles. The summed E-state index contributed by atoms with van der Waals surface area (Å²) < 4.78 is 16.7. The van der Waals surface area contributed by atoms with Crippen LogP contribution >= 0.6 is 0 Å². The van der Waals surface area contributed by atoms with E-state index in [0.29, 0.717) is 19.4 Å². The second-order valence-corrected chi connectivity index (χ2v) is 21.4. The molecule has 0 bridgehead atoms. The van der Waals surface area contributed by atoms with Crippen LogP contribution in [0.1, 0.15) is 277 Å². The van der Waals surface area contributed by atoms with Gasteiger partial charge in [0.2, 0.25) is 5.91 Å². The molecule has 0 saturated carbocycles. The van der Waals surface area contributed by atoms with Crippen LogP contribution in [0.5, 0.6) is 0 Å². The lowest BCUT2D eigenvalue weighted by molar-refractivity contribution is -0.302. The molecule has 7 atom stereocenters. The molecule has 1 rings (SSSR count). The van der Waals surface area contributed by atoms with E-state index >= 15 is 0 Å². The molecular weight excluding hydrogens is 931 g/mol. The molecule has 1 fully saturated rings. The fraction of sp³-hybridized carbons (Fsp3) is 0.841. The van der Waals surface area contributed by atoms with Crippen molar-refractivity contribution in [3.05, 3.63) is 48.6 Å². The molecular formula is C63H115NO10. The van der Waals surface area contributed by atoms with Crippen molar-refractivity contribution in [2.75, 3.05) is 19.8 Å². The number of carbonyl (C=O) groups is 2. The predicted octanol–water partition coefficient (Wildman–Crippen LogP) is 14.5. The number of allylic oxidation sites excluding steroid dienone is 7. The van der Waals surface area contributed by atoms with E-state index in [4.69, 9.17) is 14.2 Å². The third-order valence-electron chi connectivity index (χ3n) is 14.4. The monoisotopic (exact) mass is 1050 g/mol. The molecule has 11 heteroatoms. The molecule has 7 unspecified atom stereocenters. The van der Waals surface area contributed by atoms with Crippen LogP contribution in [0, 0.1) is 0 Å². The molecule has 0 aromatic rings. The number of rotatable bonds is 53. The zero-order valence-electron chi connectivity index (χ0n) is 47.6. The van der Waals surface area contributed by atoms with Gasteiger partial charge in [0.05, 0.1) is 32.0 Å². The summed E-state index contributed by atoms with van der Waals surface area (Å²) >= 11 is 0. The highest BCUT2D eigenvalue weighted by atomic mass is 16.7. The Hall–Kier alpha value is -2.38. The summed E-state index contributed by atoms with van der Waals surface area (Å²) in [6.45, 7) is 4.27. The molecule has 0 radical (unpaired) electrons.